The lowest BCUT2D eigenvalue weighted by atomic mass is 10.1. The van der Waals surface area contributed by atoms with Gasteiger partial charge < -0.3 is 19.2 Å². The number of amides is 1. The van der Waals surface area contributed by atoms with Crippen LogP contribution in [0.15, 0.2) is 58.8 Å². The number of rotatable bonds is 9. The maximum Gasteiger partial charge on any atom is 0.342 e. The Morgan fingerprint density at radius 2 is 1.97 bits per heavy atom. The second-order valence-electron chi connectivity index (χ2n) is 7.13. The minimum absolute atomic E-state index is 0.170. The van der Waals surface area contributed by atoms with E-state index in [1.807, 2.05) is 13.0 Å². The third-order valence-corrected chi connectivity index (χ3v) is 5.83. The summed E-state index contributed by atoms with van der Waals surface area (Å²) < 4.78 is 17.3. The molecule has 1 amide bonds. The third kappa shape index (κ3) is 5.14. The summed E-state index contributed by atoms with van der Waals surface area (Å²) in [6.07, 6.45) is 5.01. The van der Waals surface area contributed by atoms with Gasteiger partial charge in [0, 0.05) is 17.1 Å². The summed E-state index contributed by atoms with van der Waals surface area (Å²) in [5.41, 5.74) is 1.53. The summed E-state index contributed by atoms with van der Waals surface area (Å²) in [4.78, 5) is 42.1. The molecule has 0 unspecified atom stereocenters. The highest BCUT2D eigenvalue weighted by atomic mass is 32.1. The fraction of sp³-hybridized carbons (Fsp3) is 0.208. The maximum atomic E-state index is 12.7. The van der Waals surface area contributed by atoms with Crippen molar-refractivity contribution in [1.82, 2.24) is 14.8 Å². The molecule has 0 atom stereocenters. The number of furan rings is 1. The van der Waals surface area contributed by atoms with Crippen LogP contribution in [0.25, 0.3) is 17.1 Å². The highest BCUT2D eigenvalue weighted by molar-refractivity contribution is 7.15. The molecule has 4 aromatic rings. The fourth-order valence-electron chi connectivity index (χ4n) is 3.40. The van der Waals surface area contributed by atoms with E-state index in [1.54, 1.807) is 47.4 Å². The van der Waals surface area contributed by atoms with Crippen LogP contribution in [0, 0.1) is 0 Å². The number of thiophene rings is 1. The average molecular weight is 495 g/mol. The number of carbonyl (C=O) groups excluding carboxylic acids is 3. The Labute approximate surface area is 204 Å². The maximum absolute atomic E-state index is 12.7. The summed E-state index contributed by atoms with van der Waals surface area (Å²) in [6, 6.07) is 8.77. The number of hydrogen-bond acceptors (Lipinski definition) is 9. The van der Waals surface area contributed by atoms with Crippen LogP contribution in [0.1, 0.15) is 40.3 Å². The van der Waals surface area contributed by atoms with Crippen LogP contribution in [-0.2, 0) is 20.7 Å². The normalized spacial score (nSPS) is 10.7. The van der Waals surface area contributed by atoms with E-state index in [1.165, 1.54) is 12.5 Å². The van der Waals surface area contributed by atoms with Gasteiger partial charge in [-0.15, -0.1) is 11.3 Å². The lowest BCUT2D eigenvalue weighted by Gasteiger charge is -2.09. The molecule has 1 N–H and O–H groups in total. The second-order valence-corrected chi connectivity index (χ2v) is 8.01. The van der Waals surface area contributed by atoms with Gasteiger partial charge in [0.2, 0.25) is 0 Å². The number of esters is 2. The van der Waals surface area contributed by atoms with Crippen molar-refractivity contribution in [2.45, 2.75) is 20.3 Å². The monoisotopic (exact) mass is 494 g/mol. The zero-order valence-corrected chi connectivity index (χ0v) is 19.8. The van der Waals surface area contributed by atoms with Crippen molar-refractivity contribution >= 4 is 34.2 Å². The van der Waals surface area contributed by atoms with Gasteiger partial charge in [0.25, 0.3) is 5.91 Å². The number of pyridine rings is 1. The number of hydrogen-bond donors (Lipinski definition) is 1. The number of ether oxygens (including phenoxy) is 2. The van der Waals surface area contributed by atoms with E-state index < -0.39 is 24.5 Å². The molecule has 10 nitrogen and oxygen atoms in total. The van der Waals surface area contributed by atoms with E-state index in [2.05, 4.69) is 15.4 Å². The molecule has 0 spiro atoms. The van der Waals surface area contributed by atoms with Crippen molar-refractivity contribution in [3.05, 3.63) is 71.2 Å². The van der Waals surface area contributed by atoms with Crippen LogP contribution in [0.4, 0.5) is 5.00 Å². The van der Waals surface area contributed by atoms with Crippen molar-refractivity contribution in [1.29, 1.82) is 0 Å². The minimum atomic E-state index is -0.688. The molecule has 0 radical (unpaired) electrons. The van der Waals surface area contributed by atoms with Gasteiger partial charge in [0.15, 0.2) is 12.4 Å². The molecule has 0 fully saturated rings. The van der Waals surface area contributed by atoms with Gasteiger partial charge in [-0.1, -0.05) is 13.0 Å². The Hall–Kier alpha value is -4.25. The first-order valence-corrected chi connectivity index (χ1v) is 11.7. The van der Waals surface area contributed by atoms with Gasteiger partial charge in [-0.3, -0.25) is 4.79 Å². The molecule has 0 saturated heterocycles. The molecular formula is C24H22N4O6S. The lowest BCUT2D eigenvalue weighted by molar-refractivity contribution is -0.119. The van der Waals surface area contributed by atoms with Crippen molar-refractivity contribution in [2.75, 3.05) is 18.5 Å². The third-order valence-electron chi connectivity index (χ3n) is 4.93. The molecule has 0 aliphatic rings. The van der Waals surface area contributed by atoms with Crippen molar-refractivity contribution in [3.8, 4) is 17.1 Å². The van der Waals surface area contributed by atoms with E-state index >= 15 is 0 Å². The number of aromatic nitrogens is 3. The first-order chi connectivity index (χ1) is 17.0. The predicted molar refractivity (Wildman–Crippen MR) is 128 cm³/mol. The molecule has 11 heteroatoms. The Kier molecular flexibility index (Phi) is 7.36. The van der Waals surface area contributed by atoms with Crippen molar-refractivity contribution in [2.24, 2.45) is 0 Å². The number of nitrogens with zero attached hydrogens (tertiary/aromatic N) is 3. The smallest absolute Gasteiger partial charge is 0.342 e. The molecule has 4 rings (SSSR count). The molecule has 35 heavy (non-hydrogen) atoms. The highest BCUT2D eigenvalue weighted by Gasteiger charge is 2.25. The Morgan fingerprint density at radius 3 is 2.66 bits per heavy atom. The SMILES string of the molecule is CCOC(=O)c1c(-c2ccco2)csc1NC(=O)COC(=O)c1cnn(-c2ccccn2)c1CC. The molecule has 0 bridgehead atoms. The van der Waals surface area contributed by atoms with Crippen LogP contribution >= 0.6 is 11.3 Å². The quantitative estimate of drug-likeness (QED) is 0.344. The van der Waals surface area contributed by atoms with Crippen LogP contribution in [0.5, 0.6) is 0 Å². The molecule has 0 aromatic carbocycles. The summed E-state index contributed by atoms with van der Waals surface area (Å²) in [7, 11) is 0. The van der Waals surface area contributed by atoms with Crippen LogP contribution < -0.4 is 5.32 Å². The summed E-state index contributed by atoms with van der Waals surface area (Å²) in [6.45, 7) is 3.19. The average Bonchev–Trinajstić information content (AvgIpc) is 3.62. The molecule has 0 aliphatic carbocycles. The van der Waals surface area contributed by atoms with Gasteiger partial charge in [0.05, 0.1) is 24.8 Å². The molecule has 4 aromatic heterocycles. The zero-order valence-electron chi connectivity index (χ0n) is 19.0. The highest BCUT2D eigenvalue weighted by Crippen LogP contribution is 2.36. The number of nitrogens with one attached hydrogen (secondary N) is 1. The summed E-state index contributed by atoms with van der Waals surface area (Å²) in [5, 5.41) is 8.83. The second kappa shape index (κ2) is 10.8. The minimum Gasteiger partial charge on any atom is -0.464 e. The van der Waals surface area contributed by atoms with Gasteiger partial charge in [-0.25, -0.2) is 19.3 Å². The van der Waals surface area contributed by atoms with E-state index in [4.69, 9.17) is 13.9 Å². The largest absolute Gasteiger partial charge is 0.464 e. The van der Waals surface area contributed by atoms with Crippen molar-refractivity contribution < 1.29 is 28.3 Å². The Morgan fingerprint density at radius 1 is 1.11 bits per heavy atom. The molecule has 4 heterocycles. The lowest BCUT2D eigenvalue weighted by Crippen LogP contribution is -2.22. The van der Waals surface area contributed by atoms with E-state index in [0.29, 0.717) is 29.3 Å². The first-order valence-electron chi connectivity index (χ1n) is 10.8. The Balaban J connectivity index is 1.46. The van der Waals surface area contributed by atoms with Gasteiger partial charge in [-0.05, 0) is 37.6 Å². The molecule has 0 aliphatic heterocycles. The molecule has 180 valence electrons. The molecule has 0 saturated carbocycles. The number of anilines is 1. The van der Waals surface area contributed by atoms with E-state index in [-0.39, 0.29) is 22.7 Å². The van der Waals surface area contributed by atoms with Crippen LogP contribution in [0.3, 0.4) is 0 Å². The zero-order chi connectivity index (χ0) is 24.8. The van der Waals surface area contributed by atoms with Crippen molar-refractivity contribution in [3.63, 3.8) is 0 Å². The topological polar surface area (TPSA) is 126 Å². The first kappa shape index (κ1) is 23.9. The van der Waals surface area contributed by atoms with E-state index in [9.17, 15) is 14.4 Å². The standard InChI is InChI=1S/C24H22N4O6S/c1-3-17-15(12-26-28(17)19-9-5-6-10-25-19)23(30)34-13-20(29)27-22-21(24(31)32-4-2)16(14-35-22)18-8-7-11-33-18/h5-12,14H,3-4,13H2,1-2H3,(H,27,29). The fourth-order valence-corrected chi connectivity index (χ4v) is 4.36. The summed E-state index contributed by atoms with van der Waals surface area (Å²) in [5.74, 6) is -0.855. The van der Waals surface area contributed by atoms with Gasteiger partial charge in [0.1, 0.15) is 21.9 Å². The Bertz CT molecular complexity index is 1330. The van der Waals surface area contributed by atoms with Crippen LogP contribution in [-0.4, -0.2) is 45.8 Å². The van der Waals surface area contributed by atoms with E-state index in [0.717, 1.165) is 11.3 Å². The molecular weight excluding hydrogens is 472 g/mol. The van der Waals surface area contributed by atoms with Gasteiger partial charge >= 0.3 is 11.9 Å². The summed E-state index contributed by atoms with van der Waals surface area (Å²) >= 11 is 1.14. The number of carbonyl (C=O) groups is 3. The van der Waals surface area contributed by atoms with Crippen LogP contribution in [0.2, 0.25) is 0 Å². The predicted octanol–water partition coefficient (Wildman–Crippen LogP) is 4.12. The van der Waals surface area contributed by atoms with Gasteiger partial charge in [-0.2, -0.15) is 5.10 Å².